The van der Waals surface area contributed by atoms with Crippen LogP contribution in [0.2, 0.25) is 0 Å². The highest BCUT2D eigenvalue weighted by molar-refractivity contribution is 7.20. The number of carbonyl (C=O) groups is 4. The summed E-state index contributed by atoms with van der Waals surface area (Å²) in [6, 6.07) is 7.12. The summed E-state index contributed by atoms with van der Waals surface area (Å²) >= 11 is 1.25. The fraction of sp³-hybridized carbons (Fsp3) is 0.514. The van der Waals surface area contributed by atoms with Gasteiger partial charge >= 0.3 is 12.0 Å². The van der Waals surface area contributed by atoms with E-state index in [2.05, 4.69) is 4.98 Å². The minimum absolute atomic E-state index is 0.0814. The highest BCUT2D eigenvalue weighted by Crippen LogP contribution is 2.43. The highest BCUT2D eigenvalue weighted by Gasteiger charge is 2.50. The first-order valence-corrected chi connectivity index (χ1v) is 17.4. The van der Waals surface area contributed by atoms with Crippen molar-refractivity contribution in [3.8, 4) is 16.5 Å². The molecule has 1 unspecified atom stereocenters. The number of aromatic nitrogens is 1. The number of urea groups is 1. The molecule has 0 aliphatic carbocycles. The smallest absolute Gasteiger partial charge is 0.320 e. The quantitative estimate of drug-likeness (QED) is 0.200. The number of carbonyl (C=O) groups excluding carboxylic acids is 4. The van der Waals surface area contributed by atoms with Crippen molar-refractivity contribution in [1.29, 1.82) is 0 Å². The molecule has 1 atom stereocenters. The molecule has 3 aliphatic heterocycles. The molecule has 3 aromatic rings. The molecular formula is C35H43N5O9S. The standard InChI is InChI=1S/C35H43N5O9S/c1-22-28(31(42)37(3)23-16-38(17-23)34(44)40-19-35(2,20-40)33(43)46-5)32(50-29(22)30-36-12-15-48-30)39(21-41)18-27(49-24-10-13-47-14-11-24)25-8-6-7-9-26(25)45-4/h6-9,12,15,21,23-24,27H,10-11,13-14,16-20H2,1-5H3. The normalized spacial score (nSPS) is 18.1. The number of nitrogens with zero attached hydrogens (tertiary/aromatic N) is 5. The predicted molar refractivity (Wildman–Crippen MR) is 183 cm³/mol. The Bertz CT molecular complexity index is 1690. The molecule has 6 rings (SSSR count). The van der Waals surface area contributed by atoms with E-state index in [-0.39, 0.29) is 49.7 Å². The van der Waals surface area contributed by atoms with E-state index in [1.807, 2.05) is 31.2 Å². The molecule has 15 heteroatoms. The Kier molecular flexibility index (Phi) is 10.5. The van der Waals surface area contributed by atoms with Crippen LogP contribution in [0.3, 0.4) is 0 Å². The fourth-order valence-corrected chi connectivity index (χ4v) is 7.96. The van der Waals surface area contributed by atoms with Crippen LogP contribution in [0.1, 0.15) is 47.4 Å². The molecule has 1 aromatic carbocycles. The monoisotopic (exact) mass is 709 g/mol. The largest absolute Gasteiger partial charge is 0.496 e. The van der Waals surface area contributed by atoms with E-state index in [9.17, 15) is 19.2 Å². The average Bonchev–Trinajstić information content (AvgIpc) is 3.75. The highest BCUT2D eigenvalue weighted by atomic mass is 32.1. The third kappa shape index (κ3) is 6.81. The summed E-state index contributed by atoms with van der Waals surface area (Å²) in [5, 5.41) is 0.438. The summed E-state index contributed by atoms with van der Waals surface area (Å²) in [6.07, 6.45) is 4.50. The van der Waals surface area contributed by atoms with Crippen molar-refractivity contribution in [3.05, 3.63) is 53.4 Å². The molecule has 4 amide bonds. The van der Waals surface area contributed by atoms with E-state index in [1.165, 1.54) is 35.8 Å². The van der Waals surface area contributed by atoms with Crippen LogP contribution in [0.5, 0.6) is 5.75 Å². The van der Waals surface area contributed by atoms with Crippen LogP contribution in [0.25, 0.3) is 10.8 Å². The molecule has 14 nitrogen and oxygen atoms in total. The molecule has 5 heterocycles. The predicted octanol–water partition coefficient (Wildman–Crippen LogP) is 3.99. The van der Waals surface area contributed by atoms with Crippen molar-refractivity contribution in [2.45, 2.75) is 44.9 Å². The molecule has 3 saturated heterocycles. The van der Waals surface area contributed by atoms with Crippen molar-refractivity contribution >= 4 is 40.7 Å². The van der Waals surface area contributed by atoms with Crippen molar-refractivity contribution in [1.82, 2.24) is 19.7 Å². The number of oxazole rings is 1. The van der Waals surface area contributed by atoms with E-state index >= 15 is 0 Å². The maximum absolute atomic E-state index is 14.4. The van der Waals surface area contributed by atoms with Crippen LogP contribution in [0.15, 0.2) is 41.1 Å². The third-order valence-electron chi connectivity index (χ3n) is 9.76. The van der Waals surface area contributed by atoms with Crippen LogP contribution in [0.4, 0.5) is 9.80 Å². The molecule has 0 spiro atoms. The third-order valence-corrected chi connectivity index (χ3v) is 11.1. The molecule has 0 saturated carbocycles. The van der Waals surface area contributed by atoms with Crippen molar-refractivity contribution < 1.29 is 42.5 Å². The summed E-state index contributed by atoms with van der Waals surface area (Å²) in [7, 11) is 4.64. The maximum Gasteiger partial charge on any atom is 0.320 e. The summed E-state index contributed by atoms with van der Waals surface area (Å²) in [5.74, 6) is 0.339. The fourth-order valence-electron chi connectivity index (χ4n) is 6.74. The number of ether oxygens (including phenoxy) is 4. The van der Waals surface area contributed by atoms with Gasteiger partial charge in [0.15, 0.2) is 0 Å². The molecule has 268 valence electrons. The first-order chi connectivity index (χ1) is 24.1. The number of likely N-dealkylation sites (N-methyl/N-ethyl adjacent to an activating group) is 1. The summed E-state index contributed by atoms with van der Waals surface area (Å²) in [5.41, 5.74) is 1.06. The van der Waals surface area contributed by atoms with Gasteiger partial charge in [-0.1, -0.05) is 18.2 Å². The van der Waals surface area contributed by atoms with E-state index in [1.54, 1.807) is 35.8 Å². The SMILES string of the molecule is COC(=O)C1(C)CN(C(=O)N2CC(N(C)C(=O)c3c(N(C=O)CC(OC4CCOCC4)c4ccccc4OC)sc(-c4ncco4)c3C)C2)C1. The van der Waals surface area contributed by atoms with Gasteiger partial charge in [0.05, 0.1) is 49.5 Å². The van der Waals surface area contributed by atoms with Crippen LogP contribution in [0, 0.1) is 12.3 Å². The number of para-hydroxylation sites is 1. The number of methoxy groups -OCH3 is 2. The number of rotatable bonds is 12. The number of thiophene rings is 1. The Morgan fingerprint density at radius 3 is 2.50 bits per heavy atom. The van der Waals surface area contributed by atoms with Gasteiger partial charge in [0.25, 0.3) is 5.91 Å². The minimum Gasteiger partial charge on any atom is -0.496 e. The summed E-state index contributed by atoms with van der Waals surface area (Å²) in [6.45, 7) is 6.12. The van der Waals surface area contributed by atoms with Gasteiger partial charge in [0, 0.05) is 52.0 Å². The lowest BCUT2D eigenvalue weighted by Crippen LogP contribution is -2.69. The number of benzene rings is 1. The van der Waals surface area contributed by atoms with E-state index < -0.39 is 11.5 Å². The Morgan fingerprint density at radius 2 is 1.86 bits per heavy atom. The van der Waals surface area contributed by atoms with E-state index in [0.29, 0.717) is 58.9 Å². The van der Waals surface area contributed by atoms with Crippen molar-refractivity contribution in [2.75, 3.05) is 72.1 Å². The number of esters is 1. The molecule has 50 heavy (non-hydrogen) atoms. The van der Waals surface area contributed by atoms with Gasteiger partial charge in [0.1, 0.15) is 28.5 Å². The second-order valence-electron chi connectivity index (χ2n) is 13.2. The number of likely N-dealkylation sites (tertiary alicyclic amines) is 2. The molecular weight excluding hydrogens is 666 g/mol. The lowest BCUT2D eigenvalue weighted by Gasteiger charge is -2.51. The van der Waals surface area contributed by atoms with Gasteiger partial charge in [0.2, 0.25) is 12.3 Å². The zero-order valence-corrected chi connectivity index (χ0v) is 29.8. The number of amides is 4. The first-order valence-electron chi connectivity index (χ1n) is 16.6. The molecule has 0 radical (unpaired) electrons. The zero-order valence-electron chi connectivity index (χ0n) is 29.0. The van der Waals surface area contributed by atoms with Gasteiger partial charge < -0.3 is 43.0 Å². The minimum atomic E-state index is -0.708. The number of anilines is 1. The van der Waals surface area contributed by atoms with Crippen LogP contribution >= 0.6 is 11.3 Å². The molecule has 3 fully saturated rings. The van der Waals surface area contributed by atoms with Crippen molar-refractivity contribution in [3.63, 3.8) is 0 Å². The summed E-state index contributed by atoms with van der Waals surface area (Å²) < 4.78 is 28.4. The Hall–Kier alpha value is -4.47. The van der Waals surface area contributed by atoms with Crippen LogP contribution in [-0.2, 0) is 23.8 Å². The molecule has 0 N–H and O–H groups in total. The lowest BCUT2D eigenvalue weighted by molar-refractivity contribution is -0.160. The number of hydrogen-bond donors (Lipinski definition) is 0. The molecule has 0 bridgehead atoms. The van der Waals surface area contributed by atoms with Crippen LogP contribution in [-0.4, -0.2) is 123 Å². The molecule has 2 aromatic heterocycles. The topological polar surface area (TPSA) is 144 Å². The van der Waals surface area contributed by atoms with Crippen LogP contribution < -0.4 is 9.64 Å². The average molecular weight is 710 g/mol. The Labute approximate surface area is 294 Å². The summed E-state index contributed by atoms with van der Waals surface area (Å²) in [4.78, 5) is 63.9. The van der Waals surface area contributed by atoms with E-state index in [4.69, 9.17) is 23.4 Å². The zero-order chi connectivity index (χ0) is 35.6. The first kappa shape index (κ1) is 35.4. The second kappa shape index (κ2) is 14.8. The Balaban J connectivity index is 1.24. The number of hydrogen-bond acceptors (Lipinski definition) is 11. The van der Waals surface area contributed by atoms with E-state index in [0.717, 1.165) is 24.8 Å². The van der Waals surface area contributed by atoms with Crippen molar-refractivity contribution in [2.24, 2.45) is 5.41 Å². The molecule has 3 aliphatic rings. The van der Waals surface area contributed by atoms with Gasteiger partial charge in [-0.15, -0.1) is 11.3 Å². The van der Waals surface area contributed by atoms with Gasteiger partial charge in [-0.2, -0.15) is 0 Å². The van der Waals surface area contributed by atoms with Gasteiger partial charge in [-0.25, -0.2) is 9.78 Å². The Morgan fingerprint density at radius 1 is 1.14 bits per heavy atom. The second-order valence-corrected chi connectivity index (χ2v) is 14.2. The lowest BCUT2D eigenvalue weighted by atomic mass is 9.82. The maximum atomic E-state index is 14.4. The van der Waals surface area contributed by atoms with Gasteiger partial charge in [-0.05, 0) is 38.3 Å². The van der Waals surface area contributed by atoms with Gasteiger partial charge in [-0.3, -0.25) is 14.4 Å².